The number of hydrogen-bond acceptors (Lipinski definition) is 2. The van der Waals surface area contributed by atoms with E-state index >= 15 is 0 Å². The predicted molar refractivity (Wildman–Crippen MR) is 71.9 cm³/mol. The largest absolute Gasteiger partial charge is 0.377 e. The molecule has 0 aliphatic rings. The van der Waals surface area contributed by atoms with Crippen molar-refractivity contribution in [2.24, 2.45) is 5.92 Å². The number of ether oxygens (including phenoxy) is 1. The Kier molecular flexibility index (Phi) is 8.04. The first kappa shape index (κ1) is 15.9. The predicted octanol–water partition coefficient (Wildman–Crippen LogP) is 3.61. The third-order valence-corrected chi connectivity index (χ3v) is 3.72. The van der Waals surface area contributed by atoms with Crippen molar-refractivity contribution in [3.63, 3.8) is 0 Å². The Hall–Kier alpha value is -0.0800. The Bertz CT molecular complexity index is 156. The first-order valence-corrected chi connectivity index (χ1v) is 6.84. The van der Waals surface area contributed by atoms with Gasteiger partial charge in [0.2, 0.25) is 0 Å². The number of nitrogens with one attached hydrogen (secondary N) is 1. The van der Waals surface area contributed by atoms with Gasteiger partial charge in [0.1, 0.15) is 0 Å². The van der Waals surface area contributed by atoms with Gasteiger partial charge in [-0.2, -0.15) is 0 Å². The van der Waals surface area contributed by atoms with Gasteiger partial charge in [0, 0.05) is 13.2 Å². The number of likely N-dealkylation sites (N-methyl/N-ethyl adjacent to an activating group) is 1. The van der Waals surface area contributed by atoms with Gasteiger partial charge in [0.15, 0.2) is 0 Å². The van der Waals surface area contributed by atoms with E-state index in [1.54, 1.807) is 0 Å². The minimum Gasteiger partial charge on any atom is -0.377 e. The standard InChI is InChI=1S/C14H31NO/c1-7-14(8-2,16-6)13(15-9-3)11-10-12(4)5/h12-13,15H,7-11H2,1-6H3. The Balaban J connectivity index is 4.56. The number of rotatable bonds is 9. The van der Waals surface area contributed by atoms with Gasteiger partial charge < -0.3 is 10.1 Å². The van der Waals surface area contributed by atoms with Crippen molar-refractivity contribution in [3.05, 3.63) is 0 Å². The average molecular weight is 229 g/mol. The fourth-order valence-corrected chi connectivity index (χ4v) is 2.47. The quantitative estimate of drug-likeness (QED) is 0.652. The van der Waals surface area contributed by atoms with E-state index in [0.29, 0.717) is 6.04 Å². The normalized spacial score (nSPS) is 14.4. The molecule has 0 aliphatic heterocycles. The minimum absolute atomic E-state index is 0.0188. The zero-order valence-corrected chi connectivity index (χ0v) is 12.1. The van der Waals surface area contributed by atoms with Crippen LogP contribution in [0.1, 0.15) is 60.3 Å². The molecular weight excluding hydrogens is 198 g/mol. The van der Waals surface area contributed by atoms with Crippen LogP contribution < -0.4 is 5.32 Å². The zero-order chi connectivity index (χ0) is 12.6. The van der Waals surface area contributed by atoms with Crippen LogP contribution in [-0.2, 0) is 4.74 Å². The molecule has 2 nitrogen and oxygen atoms in total. The Morgan fingerprint density at radius 3 is 1.94 bits per heavy atom. The number of methoxy groups -OCH3 is 1. The van der Waals surface area contributed by atoms with Crippen LogP contribution in [0.5, 0.6) is 0 Å². The van der Waals surface area contributed by atoms with Crippen molar-refractivity contribution < 1.29 is 4.74 Å². The van der Waals surface area contributed by atoms with Crippen LogP contribution in [0, 0.1) is 5.92 Å². The summed E-state index contributed by atoms with van der Waals surface area (Å²) in [6.45, 7) is 12.2. The fraction of sp³-hybridized carbons (Fsp3) is 1.00. The molecule has 0 bridgehead atoms. The van der Waals surface area contributed by atoms with Crippen LogP contribution in [0.2, 0.25) is 0 Å². The van der Waals surface area contributed by atoms with Gasteiger partial charge in [0.05, 0.1) is 5.60 Å². The van der Waals surface area contributed by atoms with Crippen molar-refractivity contribution in [2.75, 3.05) is 13.7 Å². The van der Waals surface area contributed by atoms with Gasteiger partial charge in [-0.25, -0.2) is 0 Å². The summed E-state index contributed by atoms with van der Waals surface area (Å²) in [7, 11) is 1.85. The smallest absolute Gasteiger partial charge is 0.0825 e. The SMILES string of the molecule is CCNC(CCC(C)C)C(CC)(CC)OC. The van der Waals surface area contributed by atoms with Gasteiger partial charge in [0.25, 0.3) is 0 Å². The molecule has 2 heteroatoms. The Morgan fingerprint density at radius 1 is 1.06 bits per heavy atom. The van der Waals surface area contributed by atoms with Gasteiger partial charge >= 0.3 is 0 Å². The summed E-state index contributed by atoms with van der Waals surface area (Å²) in [5, 5.41) is 3.61. The van der Waals surface area contributed by atoms with Gasteiger partial charge in [-0.3, -0.25) is 0 Å². The highest BCUT2D eigenvalue weighted by Gasteiger charge is 2.34. The van der Waals surface area contributed by atoms with Crippen LogP contribution in [0.4, 0.5) is 0 Å². The van der Waals surface area contributed by atoms with E-state index < -0.39 is 0 Å². The summed E-state index contributed by atoms with van der Waals surface area (Å²) >= 11 is 0. The van der Waals surface area contributed by atoms with E-state index in [1.165, 1.54) is 12.8 Å². The molecule has 0 rings (SSSR count). The second-order valence-corrected chi connectivity index (χ2v) is 5.06. The zero-order valence-electron chi connectivity index (χ0n) is 12.1. The summed E-state index contributed by atoms with van der Waals surface area (Å²) in [6, 6.07) is 0.486. The fourth-order valence-electron chi connectivity index (χ4n) is 2.47. The molecule has 0 aromatic rings. The van der Waals surface area contributed by atoms with E-state index in [1.807, 2.05) is 7.11 Å². The summed E-state index contributed by atoms with van der Waals surface area (Å²) < 4.78 is 5.82. The van der Waals surface area contributed by atoms with E-state index in [9.17, 15) is 0 Å². The first-order valence-electron chi connectivity index (χ1n) is 6.84. The molecule has 0 amide bonds. The van der Waals surface area contributed by atoms with Crippen molar-refractivity contribution in [1.82, 2.24) is 5.32 Å². The molecule has 1 unspecified atom stereocenters. The highest BCUT2D eigenvalue weighted by atomic mass is 16.5. The van der Waals surface area contributed by atoms with E-state index in [2.05, 4.69) is 39.9 Å². The molecule has 0 radical (unpaired) electrons. The maximum atomic E-state index is 5.82. The van der Waals surface area contributed by atoms with Crippen LogP contribution >= 0.6 is 0 Å². The monoisotopic (exact) mass is 229 g/mol. The molecular formula is C14H31NO. The molecule has 0 fully saturated rings. The molecule has 0 saturated carbocycles. The van der Waals surface area contributed by atoms with Crippen LogP contribution in [0.15, 0.2) is 0 Å². The van der Waals surface area contributed by atoms with E-state index in [4.69, 9.17) is 4.74 Å². The highest BCUT2D eigenvalue weighted by molar-refractivity contribution is 4.91. The lowest BCUT2D eigenvalue weighted by molar-refractivity contribution is -0.0500. The maximum Gasteiger partial charge on any atom is 0.0825 e. The molecule has 1 N–H and O–H groups in total. The van der Waals surface area contributed by atoms with Crippen LogP contribution in [0.25, 0.3) is 0 Å². The summed E-state index contributed by atoms with van der Waals surface area (Å²) in [5.41, 5.74) is 0.0188. The van der Waals surface area contributed by atoms with Crippen molar-refractivity contribution in [2.45, 2.75) is 71.9 Å². The molecule has 1 atom stereocenters. The third-order valence-electron chi connectivity index (χ3n) is 3.72. The molecule has 98 valence electrons. The molecule has 0 saturated heterocycles. The van der Waals surface area contributed by atoms with Crippen molar-refractivity contribution >= 4 is 0 Å². The third kappa shape index (κ3) is 4.42. The lowest BCUT2D eigenvalue weighted by Gasteiger charge is -2.39. The maximum absolute atomic E-state index is 5.82. The molecule has 0 spiro atoms. The molecule has 0 aromatic carbocycles. The van der Waals surface area contributed by atoms with Crippen LogP contribution in [-0.4, -0.2) is 25.3 Å². The summed E-state index contributed by atoms with van der Waals surface area (Å²) in [6.07, 6.45) is 4.63. The summed E-state index contributed by atoms with van der Waals surface area (Å²) in [4.78, 5) is 0. The van der Waals surface area contributed by atoms with E-state index in [0.717, 1.165) is 25.3 Å². The lowest BCUT2D eigenvalue weighted by Crippen LogP contribution is -2.51. The minimum atomic E-state index is 0.0188. The topological polar surface area (TPSA) is 21.3 Å². The summed E-state index contributed by atoms with van der Waals surface area (Å²) in [5.74, 6) is 0.768. The number of hydrogen-bond donors (Lipinski definition) is 1. The average Bonchev–Trinajstić information content (AvgIpc) is 2.28. The van der Waals surface area contributed by atoms with Crippen molar-refractivity contribution in [1.29, 1.82) is 0 Å². The molecule has 0 heterocycles. The Labute approximate surface area is 102 Å². The Morgan fingerprint density at radius 2 is 1.62 bits per heavy atom. The van der Waals surface area contributed by atoms with E-state index in [-0.39, 0.29) is 5.60 Å². The van der Waals surface area contributed by atoms with Gasteiger partial charge in [-0.05, 0) is 38.1 Å². The highest BCUT2D eigenvalue weighted by Crippen LogP contribution is 2.27. The second-order valence-electron chi connectivity index (χ2n) is 5.06. The molecule has 0 aromatic heterocycles. The van der Waals surface area contributed by atoms with Gasteiger partial charge in [-0.1, -0.05) is 34.6 Å². The molecule has 16 heavy (non-hydrogen) atoms. The second kappa shape index (κ2) is 8.08. The molecule has 0 aliphatic carbocycles. The van der Waals surface area contributed by atoms with Crippen LogP contribution in [0.3, 0.4) is 0 Å². The first-order chi connectivity index (χ1) is 7.56. The lowest BCUT2D eigenvalue weighted by atomic mass is 9.84. The van der Waals surface area contributed by atoms with Gasteiger partial charge in [-0.15, -0.1) is 0 Å². The van der Waals surface area contributed by atoms with Crippen molar-refractivity contribution in [3.8, 4) is 0 Å².